The third-order valence-electron chi connectivity index (χ3n) is 2.84. The highest BCUT2D eigenvalue weighted by Crippen LogP contribution is 2.13. The van der Waals surface area contributed by atoms with E-state index in [-0.39, 0.29) is 31.0 Å². The van der Waals surface area contributed by atoms with Gasteiger partial charge in [0.05, 0.1) is 4.75 Å². The summed E-state index contributed by atoms with van der Waals surface area (Å²) in [5.41, 5.74) is 2.42. The van der Waals surface area contributed by atoms with Gasteiger partial charge in [0.25, 0.3) is 5.91 Å². The summed E-state index contributed by atoms with van der Waals surface area (Å²) < 4.78 is 21.9. The van der Waals surface area contributed by atoms with E-state index in [9.17, 15) is 18.0 Å². The Morgan fingerprint density at radius 3 is 2.50 bits per heavy atom. The molecule has 18 heavy (non-hydrogen) atoms. The Balaban J connectivity index is 2.60. The van der Waals surface area contributed by atoms with Crippen LogP contribution in [0.5, 0.6) is 0 Å². The van der Waals surface area contributed by atoms with Gasteiger partial charge in [0.2, 0.25) is 5.91 Å². The van der Waals surface area contributed by atoms with Gasteiger partial charge in [-0.25, -0.2) is 13.8 Å². The number of nitrogens with one attached hydrogen (secondary N) is 2. The largest absolute Gasteiger partial charge is 0.349 e. The zero-order chi connectivity index (χ0) is 14.0. The maximum absolute atomic E-state index is 11.7. The molecule has 0 fully saturated rings. The molecule has 2 N–H and O–H groups in total. The predicted molar refractivity (Wildman–Crippen MR) is 66.7 cm³/mol. The zero-order valence-electron chi connectivity index (χ0n) is 10.6. The second-order valence-electron chi connectivity index (χ2n) is 4.81. The molecule has 8 heteroatoms. The molecule has 0 unspecified atom stereocenters. The van der Waals surface area contributed by atoms with Gasteiger partial charge in [-0.15, -0.1) is 0 Å². The topological polar surface area (TPSA) is 105 Å². The van der Waals surface area contributed by atoms with Gasteiger partial charge in [-0.05, 0) is 13.8 Å². The summed E-state index contributed by atoms with van der Waals surface area (Å²) in [6, 6.07) is 0. The first-order valence-electron chi connectivity index (χ1n) is 5.47. The fraction of sp³-hybridized carbons (Fsp3) is 0.700. The summed E-state index contributed by atoms with van der Waals surface area (Å²) >= 11 is 0. The maximum Gasteiger partial charge on any atom is 0.267 e. The molecule has 2 amide bonds. The Bertz CT molecular complexity index is 493. The maximum atomic E-state index is 11.7. The Morgan fingerprint density at radius 2 is 2.06 bits per heavy atom. The molecule has 7 nitrogen and oxygen atoms in total. The number of carbonyl (C=O) groups is 2. The molecular weight excluding hydrogens is 258 g/mol. The van der Waals surface area contributed by atoms with E-state index >= 15 is 0 Å². The van der Waals surface area contributed by atoms with Gasteiger partial charge in [-0.2, -0.15) is 5.10 Å². The van der Waals surface area contributed by atoms with E-state index in [0.717, 1.165) is 6.26 Å². The van der Waals surface area contributed by atoms with Gasteiger partial charge in [0.1, 0.15) is 5.71 Å². The normalized spacial score (nSPS) is 16.8. The van der Waals surface area contributed by atoms with E-state index in [0.29, 0.717) is 0 Å². The molecule has 1 heterocycles. The van der Waals surface area contributed by atoms with Crippen molar-refractivity contribution >= 4 is 27.4 Å². The minimum Gasteiger partial charge on any atom is -0.349 e. The van der Waals surface area contributed by atoms with Crippen LogP contribution >= 0.6 is 0 Å². The molecular formula is C10H17N3O4S. The van der Waals surface area contributed by atoms with Crippen molar-refractivity contribution in [1.82, 2.24) is 10.7 Å². The number of amides is 2. The second kappa shape index (κ2) is 5.05. The molecule has 0 aromatic heterocycles. The van der Waals surface area contributed by atoms with Gasteiger partial charge in [0, 0.05) is 25.6 Å². The molecule has 0 saturated carbocycles. The van der Waals surface area contributed by atoms with Crippen molar-refractivity contribution in [3.8, 4) is 0 Å². The molecule has 102 valence electrons. The van der Waals surface area contributed by atoms with Gasteiger partial charge < -0.3 is 5.32 Å². The van der Waals surface area contributed by atoms with Crippen molar-refractivity contribution < 1.29 is 18.0 Å². The average Bonchev–Trinajstić information content (AvgIpc) is 2.25. The molecule has 0 aromatic rings. The highest BCUT2D eigenvalue weighted by Gasteiger charge is 2.31. The van der Waals surface area contributed by atoms with Crippen LogP contribution in [0.3, 0.4) is 0 Å². The lowest BCUT2D eigenvalue weighted by Crippen LogP contribution is -2.46. The van der Waals surface area contributed by atoms with Gasteiger partial charge in [-0.1, -0.05) is 0 Å². The number of hydrogen-bond donors (Lipinski definition) is 2. The molecule has 0 saturated heterocycles. The van der Waals surface area contributed by atoms with Crippen LogP contribution in [-0.4, -0.2) is 43.5 Å². The average molecular weight is 275 g/mol. The number of sulfone groups is 1. The second-order valence-corrected chi connectivity index (χ2v) is 7.46. The van der Waals surface area contributed by atoms with Gasteiger partial charge >= 0.3 is 0 Å². The van der Waals surface area contributed by atoms with Crippen LogP contribution in [0.1, 0.15) is 26.7 Å². The standard InChI is InChI=1S/C10H17N3O4S/c1-10(2,18(3,16)17)6-11-9(15)7-4-5-8(14)13-12-7/h4-6H2,1-3H3,(H,11,15)(H,13,14). The van der Waals surface area contributed by atoms with Gasteiger partial charge in [0.15, 0.2) is 9.84 Å². The SMILES string of the molecule is CC(C)(CNC(=O)C1=NNC(=O)CC1)S(C)(=O)=O. The first-order chi connectivity index (χ1) is 8.13. The fourth-order valence-electron chi connectivity index (χ4n) is 1.16. The van der Waals surface area contributed by atoms with Crippen LogP contribution in [0, 0.1) is 0 Å². The lowest BCUT2D eigenvalue weighted by atomic mass is 10.1. The molecule has 1 aliphatic rings. The smallest absolute Gasteiger partial charge is 0.267 e. The van der Waals surface area contributed by atoms with E-state index in [1.165, 1.54) is 13.8 Å². The zero-order valence-corrected chi connectivity index (χ0v) is 11.4. The van der Waals surface area contributed by atoms with E-state index in [1.54, 1.807) is 0 Å². The van der Waals surface area contributed by atoms with E-state index in [1.807, 2.05) is 0 Å². The Kier molecular flexibility index (Phi) is 4.10. The minimum absolute atomic E-state index is 0.00235. The number of nitrogens with zero attached hydrogens (tertiary/aromatic N) is 1. The van der Waals surface area contributed by atoms with Crippen LogP contribution in [0.25, 0.3) is 0 Å². The molecule has 1 aliphatic heterocycles. The van der Waals surface area contributed by atoms with Crippen LogP contribution in [0.4, 0.5) is 0 Å². The summed E-state index contributed by atoms with van der Waals surface area (Å²) in [5.74, 6) is -0.685. The number of hydrazone groups is 1. The molecule has 1 rings (SSSR count). The van der Waals surface area contributed by atoms with Crippen molar-refractivity contribution in [3.63, 3.8) is 0 Å². The molecule has 0 spiro atoms. The number of hydrogen-bond acceptors (Lipinski definition) is 5. The third kappa shape index (κ3) is 3.52. The van der Waals surface area contributed by atoms with Crippen molar-refractivity contribution in [1.29, 1.82) is 0 Å². The summed E-state index contributed by atoms with van der Waals surface area (Å²) in [5, 5.41) is 6.14. The summed E-state index contributed by atoms with van der Waals surface area (Å²) in [6.45, 7) is 3.07. The summed E-state index contributed by atoms with van der Waals surface area (Å²) in [6.07, 6.45) is 1.59. The Morgan fingerprint density at radius 1 is 1.44 bits per heavy atom. The van der Waals surface area contributed by atoms with Crippen LogP contribution in [0.2, 0.25) is 0 Å². The molecule has 0 radical (unpaired) electrons. The van der Waals surface area contributed by atoms with Gasteiger partial charge in [-0.3, -0.25) is 9.59 Å². The molecule has 0 aliphatic carbocycles. The van der Waals surface area contributed by atoms with Crippen molar-refractivity contribution in [2.75, 3.05) is 12.8 Å². The van der Waals surface area contributed by atoms with Crippen LogP contribution in [0.15, 0.2) is 5.10 Å². The van der Waals surface area contributed by atoms with E-state index in [4.69, 9.17) is 0 Å². The van der Waals surface area contributed by atoms with Crippen molar-refractivity contribution in [3.05, 3.63) is 0 Å². The lowest BCUT2D eigenvalue weighted by molar-refractivity contribution is -0.121. The quantitative estimate of drug-likeness (QED) is 0.700. The van der Waals surface area contributed by atoms with Crippen molar-refractivity contribution in [2.45, 2.75) is 31.4 Å². The summed E-state index contributed by atoms with van der Waals surface area (Å²) in [4.78, 5) is 22.5. The van der Waals surface area contributed by atoms with E-state index < -0.39 is 20.5 Å². The fourth-order valence-corrected chi connectivity index (χ4v) is 1.50. The monoisotopic (exact) mass is 275 g/mol. The lowest BCUT2D eigenvalue weighted by Gasteiger charge is -2.23. The van der Waals surface area contributed by atoms with E-state index in [2.05, 4.69) is 15.8 Å². The Labute approximate surface area is 106 Å². The highest BCUT2D eigenvalue weighted by atomic mass is 32.2. The molecule has 0 aromatic carbocycles. The summed E-state index contributed by atoms with van der Waals surface area (Å²) in [7, 11) is -3.26. The predicted octanol–water partition coefficient (Wildman–Crippen LogP) is -0.808. The third-order valence-corrected chi connectivity index (χ3v) is 5.00. The molecule has 0 atom stereocenters. The Hall–Kier alpha value is -1.44. The minimum atomic E-state index is -3.26. The number of carbonyl (C=O) groups excluding carboxylic acids is 2. The van der Waals surface area contributed by atoms with Crippen LogP contribution in [-0.2, 0) is 19.4 Å². The highest BCUT2D eigenvalue weighted by molar-refractivity contribution is 7.92. The first kappa shape index (κ1) is 14.6. The first-order valence-corrected chi connectivity index (χ1v) is 7.36. The number of rotatable bonds is 4. The van der Waals surface area contributed by atoms with Crippen molar-refractivity contribution in [2.24, 2.45) is 5.10 Å². The van der Waals surface area contributed by atoms with Crippen LogP contribution < -0.4 is 10.7 Å². The molecule has 0 bridgehead atoms.